The highest BCUT2D eigenvalue weighted by Crippen LogP contribution is 2.26. The van der Waals surface area contributed by atoms with Crippen molar-refractivity contribution in [2.45, 2.75) is 5.16 Å². The maximum absolute atomic E-state index is 11.8. The maximum Gasteiger partial charge on any atom is 0.278 e. The first-order chi connectivity index (χ1) is 9.20. The maximum atomic E-state index is 11.8. The van der Waals surface area contributed by atoms with Crippen LogP contribution in [0.4, 0.5) is 0 Å². The minimum Gasteiger partial charge on any atom is -0.267 e. The number of rotatable bonds is 2. The van der Waals surface area contributed by atoms with Crippen LogP contribution in [-0.2, 0) is 0 Å². The molecule has 1 aromatic carbocycles. The standard InChI is InChI=1S/C13H8ClN3OS/c1-19-13-15-6-9(14)11(17-13)10-7-4-2-3-5-8(7)12(18)16-10/h2-6H,1H3. The third-order valence-electron chi connectivity index (χ3n) is 2.75. The van der Waals surface area contributed by atoms with E-state index in [0.29, 0.717) is 27.1 Å². The minimum absolute atomic E-state index is 0.258. The highest BCUT2D eigenvalue weighted by Gasteiger charge is 2.26. The van der Waals surface area contributed by atoms with Crippen LogP contribution in [0.15, 0.2) is 40.6 Å². The quantitative estimate of drug-likeness (QED) is 0.630. The van der Waals surface area contributed by atoms with Gasteiger partial charge in [-0.1, -0.05) is 41.6 Å². The summed E-state index contributed by atoms with van der Waals surface area (Å²) in [5.41, 5.74) is 2.36. The number of carbonyl (C=O) groups is 1. The van der Waals surface area contributed by atoms with Crippen molar-refractivity contribution < 1.29 is 4.79 Å². The van der Waals surface area contributed by atoms with E-state index in [4.69, 9.17) is 11.6 Å². The number of aromatic nitrogens is 2. The number of halogens is 1. The van der Waals surface area contributed by atoms with E-state index in [9.17, 15) is 4.79 Å². The normalized spacial score (nSPS) is 13.4. The lowest BCUT2D eigenvalue weighted by molar-refractivity contribution is 0.101. The Morgan fingerprint density at radius 1 is 1.21 bits per heavy atom. The average molecular weight is 290 g/mol. The number of aliphatic imine (C=N–C) groups is 1. The van der Waals surface area contributed by atoms with E-state index in [2.05, 4.69) is 15.0 Å². The van der Waals surface area contributed by atoms with E-state index in [-0.39, 0.29) is 5.91 Å². The van der Waals surface area contributed by atoms with Gasteiger partial charge in [0.25, 0.3) is 5.91 Å². The fourth-order valence-electron chi connectivity index (χ4n) is 1.89. The molecule has 0 atom stereocenters. The number of hydrogen-bond acceptors (Lipinski definition) is 4. The number of fused-ring (bicyclic) bond motifs is 1. The van der Waals surface area contributed by atoms with Crippen molar-refractivity contribution in [2.75, 3.05) is 6.26 Å². The molecule has 0 radical (unpaired) electrons. The Balaban J connectivity index is 2.19. The Labute approximate surface area is 119 Å². The van der Waals surface area contributed by atoms with Gasteiger partial charge in [-0.15, -0.1) is 0 Å². The predicted molar refractivity (Wildman–Crippen MR) is 75.2 cm³/mol. The third-order valence-corrected chi connectivity index (χ3v) is 3.59. The van der Waals surface area contributed by atoms with Gasteiger partial charge in [-0.05, 0) is 12.3 Å². The van der Waals surface area contributed by atoms with Gasteiger partial charge in [-0.3, -0.25) is 4.79 Å². The van der Waals surface area contributed by atoms with Gasteiger partial charge in [0.2, 0.25) is 0 Å². The number of benzene rings is 1. The van der Waals surface area contributed by atoms with Crippen LogP contribution < -0.4 is 0 Å². The Bertz CT molecular complexity index is 715. The molecule has 0 N–H and O–H groups in total. The Morgan fingerprint density at radius 3 is 2.68 bits per heavy atom. The van der Waals surface area contributed by atoms with E-state index in [1.165, 1.54) is 18.0 Å². The van der Waals surface area contributed by atoms with Gasteiger partial charge in [0, 0.05) is 5.56 Å². The molecule has 1 aromatic heterocycles. The third kappa shape index (κ3) is 2.05. The Kier molecular flexibility index (Phi) is 3.08. The summed E-state index contributed by atoms with van der Waals surface area (Å²) in [5.74, 6) is -0.258. The molecule has 0 saturated carbocycles. The number of hydrogen-bond donors (Lipinski definition) is 0. The van der Waals surface area contributed by atoms with Crippen LogP contribution in [0.1, 0.15) is 21.6 Å². The second-order valence-electron chi connectivity index (χ2n) is 3.86. The van der Waals surface area contributed by atoms with Crippen LogP contribution in [0, 0.1) is 0 Å². The molecule has 3 rings (SSSR count). The predicted octanol–water partition coefficient (Wildman–Crippen LogP) is 2.84. The molecule has 2 heterocycles. The van der Waals surface area contributed by atoms with Gasteiger partial charge in [-0.2, -0.15) is 0 Å². The van der Waals surface area contributed by atoms with Gasteiger partial charge in [0.15, 0.2) is 5.16 Å². The van der Waals surface area contributed by atoms with Crippen molar-refractivity contribution in [3.05, 3.63) is 52.3 Å². The second-order valence-corrected chi connectivity index (χ2v) is 5.04. The molecule has 0 spiro atoms. The highest BCUT2D eigenvalue weighted by molar-refractivity contribution is 7.98. The van der Waals surface area contributed by atoms with Crippen molar-refractivity contribution in [3.8, 4) is 0 Å². The summed E-state index contributed by atoms with van der Waals surface area (Å²) < 4.78 is 0. The summed E-state index contributed by atoms with van der Waals surface area (Å²) >= 11 is 7.53. The molecular weight excluding hydrogens is 282 g/mol. The van der Waals surface area contributed by atoms with E-state index in [1.807, 2.05) is 24.5 Å². The first-order valence-corrected chi connectivity index (χ1v) is 7.10. The van der Waals surface area contributed by atoms with Crippen molar-refractivity contribution in [1.82, 2.24) is 9.97 Å². The molecule has 0 aliphatic carbocycles. The van der Waals surface area contributed by atoms with Gasteiger partial charge in [-0.25, -0.2) is 15.0 Å². The van der Waals surface area contributed by atoms with E-state index < -0.39 is 0 Å². The molecule has 0 saturated heterocycles. The molecule has 0 fully saturated rings. The van der Waals surface area contributed by atoms with Crippen molar-refractivity contribution in [2.24, 2.45) is 4.99 Å². The van der Waals surface area contributed by atoms with Crippen LogP contribution in [0.3, 0.4) is 0 Å². The summed E-state index contributed by atoms with van der Waals surface area (Å²) in [4.78, 5) is 24.3. The molecule has 6 heteroatoms. The summed E-state index contributed by atoms with van der Waals surface area (Å²) in [6, 6.07) is 7.26. The Hall–Kier alpha value is -1.72. The van der Waals surface area contributed by atoms with E-state index in [1.54, 1.807) is 6.07 Å². The molecular formula is C13H8ClN3OS. The van der Waals surface area contributed by atoms with Crippen LogP contribution >= 0.6 is 23.4 Å². The largest absolute Gasteiger partial charge is 0.278 e. The number of nitrogens with zero attached hydrogens (tertiary/aromatic N) is 3. The zero-order chi connectivity index (χ0) is 13.4. The number of amides is 1. The number of carbonyl (C=O) groups excluding carboxylic acids is 1. The lowest BCUT2D eigenvalue weighted by Gasteiger charge is -2.05. The van der Waals surface area contributed by atoms with Crippen LogP contribution in [0.25, 0.3) is 0 Å². The van der Waals surface area contributed by atoms with Gasteiger partial charge in [0.05, 0.1) is 16.8 Å². The smallest absolute Gasteiger partial charge is 0.267 e. The SMILES string of the molecule is CSc1ncc(Cl)c(C2=NC(=O)c3ccccc32)n1. The topological polar surface area (TPSA) is 55.2 Å². The van der Waals surface area contributed by atoms with Gasteiger partial charge >= 0.3 is 0 Å². The van der Waals surface area contributed by atoms with Crippen molar-refractivity contribution in [3.63, 3.8) is 0 Å². The minimum atomic E-state index is -0.258. The molecule has 19 heavy (non-hydrogen) atoms. The van der Waals surface area contributed by atoms with Crippen molar-refractivity contribution >= 4 is 35.0 Å². The fourth-order valence-corrected chi connectivity index (χ4v) is 2.42. The molecule has 1 amide bonds. The molecule has 1 aliphatic rings. The van der Waals surface area contributed by atoms with E-state index in [0.717, 1.165) is 5.56 Å². The Morgan fingerprint density at radius 2 is 1.95 bits per heavy atom. The molecule has 0 bridgehead atoms. The molecule has 94 valence electrons. The monoisotopic (exact) mass is 289 g/mol. The average Bonchev–Trinajstić information content (AvgIpc) is 2.77. The fraction of sp³-hybridized carbons (Fsp3) is 0.0769. The first-order valence-electron chi connectivity index (χ1n) is 5.50. The van der Waals surface area contributed by atoms with Gasteiger partial charge < -0.3 is 0 Å². The van der Waals surface area contributed by atoms with Crippen LogP contribution in [-0.4, -0.2) is 27.8 Å². The van der Waals surface area contributed by atoms with Gasteiger partial charge in [0.1, 0.15) is 11.4 Å². The summed E-state index contributed by atoms with van der Waals surface area (Å²) in [6.07, 6.45) is 3.41. The van der Waals surface area contributed by atoms with Crippen molar-refractivity contribution in [1.29, 1.82) is 0 Å². The molecule has 2 aromatic rings. The first kappa shape index (κ1) is 12.3. The summed E-state index contributed by atoms with van der Waals surface area (Å²) in [7, 11) is 0. The van der Waals surface area contributed by atoms with E-state index >= 15 is 0 Å². The summed E-state index contributed by atoms with van der Waals surface area (Å²) in [5, 5.41) is 0.986. The lowest BCUT2D eigenvalue weighted by atomic mass is 10.0. The lowest BCUT2D eigenvalue weighted by Crippen LogP contribution is -2.06. The molecule has 4 nitrogen and oxygen atoms in total. The molecule has 1 aliphatic heterocycles. The highest BCUT2D eigenvalue weighted by atomic mass is 35.5. The number of thioether (sulfide) groups is 1. The zero-order valence-electron chi connectivity index (χ0n) is 9.92. The zero-order valence-corrected chi connectivity index (χ0v) is 11.5. The molecule has 0 unspecified atom stereocenters. The summed E-state index contributed by atoms with van der Waals surface area (Å²) in [6.45, 7) is 0. The van der Waals surface area contributed by atoms with Crippen LogP contribution in [0.5, 0.6) is 0 Å². The second kappa shape index (κ2) is 4.75. The van der Waals surface area contributed by atoms with Crippen LogP contribution in [0.2, 0.25) is 5.02 Å².